The Morgan fingerprint density at radius 1 is 0.926 bits per heavy atom. The van der Waals surface area contributed by atoms with E-state index in [-0.39, 0.29) is 18.3 Å². The zero-order chi connectivity index (χ0) is 19.7. The second-order valence-corrected chi connectivity index (χ2v) is 5.66. The lowest BCUT2D eigenvalue weighted by Gasteiger charge is -2.15. The van der Waals surface area contributed by atoms with Crippen molar-refractivity contribution in [3.05, 3.63) is 65.6 Å². The molecule has 0 unspecified atom stereocenters. The molecular weight excluding hydrogens is 374 g/mol. The van der Waals surface area contributed by atoms with Gasteiger partial charge in [0.1, 0.15) is 0 Å². The Bertz CT molecular complexity index is 883. The molecule has 2 N–H and O–H groups in total. The quantitative estimate of drug-likeness (QED) is 0.612. The molecule has 0 aliphatic heterocycles. The van der Waals surface area contributed by atoms with E-state index in [0.29, 0.717) is 29.0 Å². The van der Waals surface area contributed by atoms with Crippen molar-refractivity contribution in [2.45, 2.75) is 18.9 Å². The van der Waals surface area contributed by atoms with Crippen LogP contribution in [0.2, 0.25) is 0 Å². The minimum atomic E-state index is -4.89. The highest BCUT2D eigenvalue weighted by Gasteiger charge is 2.36. The average molecular weight is 386 g/mol. The normalized spacial score (nSPS) is 12.2. The number of nitrogens with zero attached hydrogens (tertiary/aromatic N) is 2. The summed E-state index contributed by atoms with van der Waals surface area (Å²) in [5.41, 5.74) is -1.23. The van der Waals surface area contributed by atoms with Gasteiger partial charge in [0.05, 0.1) is 23.0 Å². The zero-order valence-electron chi connectivity index (χ0n) is 13.5. The molecule has 0 saturated carbocycles. The Kier molecular flexibility index (Phi) is 4.81. The third kappa shape index (κ3) is 4.39. The summed E-state index contributed by atoms with van der Waals surface area (Å²) in [5, 5.41) is 9.21. The Morgan fingerprint density at radius 3 is 2.15 bits per heavy atom. The zero-order valence-corrected chi connectivity index (χ0v) is 13.5. The maximum atomic E-state index is 12.9. The van der Waals surface area contributed by atoms with Crippen molar-refractivity contribution in [3.8, 4) is 11.3 Å². The van der Waals surface area contributed by atoms with E-state index in [1.165, 1.54) is 6.20 Å². The van der Waals surface area contributed by atoms with Crippen LogP contribution in [-0.2, 0) is 18.9 Å². The monoisotopic (exact) mass is 386 g/mol. The van der Waals surface area contributed by atoms with Gasteiger partial charge < -0.3 is 5.32 Å². The number of H-pyrrole nitrogens is 1. The number of halogens is 6. The van der Waals surface area contributed by atoms with Crippen molar-refractivity contribution in [3.63, 3.8) is 0 Å². The number of hydrogen-bond acceptors (Lipinski definition) is 3. The van der Waals surface area contributed by atoms with Crippen molar-refractivity contribution < 1.29 is 26.3 Å². The van der Waals surface area contributed by atoms with Crippen molar-refractivity contribution in [2.75, 3.05) is 5.32 Å². The molecule has 0 fully saturated rings. The summed E-state index contributed by atoms with van der Waals surface area (Å²) in [6, 6.07) is 4.80. The fourth-order valence-electron chi connectivity index (χ4n) is 2.46. The first-order chi connectivity index (χ1) is 12.6. The Hall–Kier alpha value is -3.04. The van der Waals surface area contributed by atoms with Crippen LogP contribution in [0, 0.1) is 0 Å². The number of hydrogen-bond donors (Lipinski definition) is 2. The summed E-state index contributed by atoms with van der Waals surface area (Å²) in [6.45, 7) is -0.0284. The van der Waals surface area contributed by atoms with Gasteiger partial charge >= 0.3 is 12.4 Å². The molecule has 0 aliphatic carbocycles. The van der Waals surface area contributed by atoms with E-state index in [0.717, 1.165) is 0 Å². The first-order valence-electron chi connectivity index (χ1n) is 7.60. The SMILES string of the molecule is FC(F)(F)c1cc(NCc2cn[nH]c2-c2cccnc2)cc(C(F)(F)F)c1. The smallest absolute Gasteiger partial charge is 0.381 e. The minimum Gasteiger partial charge on any atom is -0.381 e. The number of nitrogens with one attached hydrogen (secondary N) is 2. The first-order valence-corrected chi connectivity index (χ1v) is 7.60. The molecule has 0 radical (unpaired) electrons. The molecular formula is C17H12F6N4. The van der Waals surface area contributed by atoms with Gasteiger partial charge in [0, 0.05) is 35.8 Å². The second kappa shape index (κ2) is 6.93. The summed E-state index contributed by atoms with van der Waals surface area (Å²) >= 11 is 0. The fourth-order valence-corrected chi connectivity index (χ4v) is 2.46. The number of aromatic amines is 1. The highest BCUT2D eigenvalue weighted by molar-refractivity contribution is 5.62. The van der Waals surface area contributed by atoms with Crippen LogP contribution in [-0.4, -0.2) is 15.2 Å². The number of alkyl halides is 6. The van der Waals surface area contributed by atoms with Gasteiger partial charge in [0.25, 0.3) is 0 Å². The molecule has 142 valence electrons. The summed E-state index contributed by atoms with van der Waals surface area (Å²) in [7, 11) is 0. The predicted molar refractivity (Wildman–Crippen MR) is 85.6 cm³/mol. The van der Waals surface area contributed by atoms with Crippen LogP contribution in [0.15, 0.2) is 48.9 Å². The molecule has 0 spiro atoms. The number of aromatic nitrogens is 3. The van der Waals surface area contributed by atoms with E-state index < -0.39 is 23.5 Å². The molecule has 0 bridgehead atoms. The summed E-state index contributed by atoms with van der Waals surface area (Å²) in [6.07, 6.45) is -5.22. The van der Waals surface area contributed by atoms with Gasteiger partial charge in [-0.15, -0.1) is 0 Å². The van der Waals surface area contributed by atoms with E-state index >= 15 is 0 Å². The molecule has 0 saturated heterocycles. The topological polar surface area (TPSA) is 53.6 Å². The van der Waals surface area contributed by atoms with Crippen molar-refractivity contribution in [2.24, 2.45) is 0 Å². The van der Waals surface area contributed by atoms with Gasteiger partial charge in [-0.3, -0.25) is 10.1 Å². The minimum absolute atomic E-state index is 0.0284. The summed E-state index contributed by atoms with van der Waals surface area (Å²) < 4.78 is 77.5. The Labute approximate surface area is 149 Å². The van der Waals surface area contributed by atoms with E-state index in [1.54, 1.807) is 24.5 Å². The molecule has 3 aromatic rings. The van der Waals surface area contributed by atoms with Gasteiger partial charge in [-0.25, -0.2) is 0 Å². The third-order valence-corrected chi connectivity index (χ3v) is 3.74. The van der Waals surface area contributed by atoms with E-state index in [1.807, 2.05) is 0 Å². The van der Waals surface area contributed by atoms with Gasteiger partial charge in [-0.1, -0.05) is 0 Å². The summed E-state index contributed by atoms with van der Waals surface area (Å²) in [5.74, 6) is 0. The van der Waals surface area contributed by atoms with Crippen LogP contribution >= 0.6 is 0 Å². The summed E-state index contributed by atoms with van der Waals surface area (Å²) in [4.78, 5) is 3.96. The van der Waals surface area contributed by atoms with Crippen LogP contribution in [0.1, 0.15) is 16.7 Å². The standard InChI is InChI=1S/C17H12F6N4/c18-16(19,20)12-4-13(17(21,22)23)6-14(5-12)25-8-11-9-26-27-15(11)10-2-1-3-24-7-10/h1-7,9,25H,8H2,(H,26,27). The van der Waals surface area contributed by atoms with Crippen molar-refractivity contribution in [1.82, 2.24) is 15.2 Å². The van der Waals surface area contributed by atoms with Gasteiger partial charge in [-0.05, 0) is 30.3 Å². The third-order valence-electron chi connectivity index (χ3n) is 3.74. The molecule has 2 aromatic heterocycles. The molecule has 3 rings (SSSR count). The second-order valence-electron chi connectivity index (χ2n) is 5.66. The molecule has 0 atom stereocenters. The number of anilines is 1. The molecule has 10 heteroatoms. The molecule has 1 aromatic carbocycles. The van der Waals surface area contributed by atoms with Crippen LogP contribution < -0.4 is 5.32 Å². The number of rotatable bonds is 4. The average Bonchev–Trinajstić information content (AvgIpc) is 3.07. The predicted octanol–water partition coefficient (Wildman–Crippen LogP) is 5.12. The largest absolute Gasteiger partial charge is 0.416 e. The van der Waals surface area contributed by atoms with E-state index in [4.69, 9.17) is 0 Å². The lowest BCUT2D eigenvalue weighted by atomic mass is 10.1. The van der Waals surface area contributed by atoms with E-state index in [2.05, 4.69) is 20.5 Å². The maximum absolute atomic E-state index is 12.9. The number of pyridine rings is 1. The van der Waals surface area contributed by atoms with E-state index in [9.17, 15) is 26.3 Å². The van der Waals surface area contributed by atoms with Crippen LogP contribution in [0.25, 0.3) is 11.3 Å². The highest BCUT2D eigenvalue weighted by atomic mass is 19.4. The maximum Gasteiger partial charge on any atom is 0.416 e. The lowest BCUT2D eigenvalue weighted by Crippen LogP contribution is -2.12. The highest BCUT2D eigenvalue weighted by Crippen LogP contribution is 2.37. The van der Waals surface area contributed by atoms with Crippen molar-refractivity contribution in [1.29, 1.82) is 0 Å². The number of benzene rings is 1. The van der Waals surface area contributed by atoms with Crippen LogP contribution in [0.5, 0.6) is 0 Å². The lowest BCUT2D eigenvalue weighted by molar-refractivity contribution is -0.143. The first kappa shape index (κ1) is 18.7. The van der Waals surface area contributed by atoms with Crippen LogP contribution in [0.3, 0.4) is 0 Å². The Morgan fingerprint density at radius 2 is 1.59 bits per heavy atom. The molecule has 0 aliphatic rings. The van der Waals surface area contributed by atoms with Gasteiger partial charge in [0.2, 0.25) is 0 Å². The van der Waals surface area contributed by atoms with Crippen molar-refractivity contribution >= 4 is 5.69 Å². The molecule has 4 nitrogen and oxygen atoms in total. The Balaban J connectivity index is 1.88. The van der Waals surface area contributed by atoms with Crippen LogP contribution in [0.4, 0.5) is 32.0 Å². The fraction of sp³-hybridized carbons (Fsp3) is 0.176. The molecule has 27 heavy (non-hydrogen) atoms. The molecule has 0 amide bonds. The molecule has 2 heterocycles. The van der Waals surface area contributed by atoms with Gasteiger partial charge in [-0.2, -0.15) is 31.4 Å². The van der Waals surface area contributed by atoms with Gasteiger partial charge in [0.15, 0.2) is 0 Å².